The summed E-state index contributed by atoms with van der Waals surface area (Å²) in [6.07, 6.45) is 56.6. The van der Waals surface area contributed by atoms with E-state index in [0.717, 1.165) is 38.5 Å². The molecule has 1 saturated heterocycles. The van der Waals surface area contributed by atoms with Crippen LogP contribution in [0.25, 0.3) is 0 Å². The minimum absolute atomic E-state index is 0.110. The fourth-order valence-electron chi connectivity index (χ4n) is 9.47. The summed E-state index contributed by atoms with van der Waals surface area (Å²) < 4.78 is 23.0. The highest BCUT2D eigenvalue weighted by Crippen LogP contribution is 2.23. The Morgan fingerprint density at radius 2 is 0.841 bits per heavy atom. The SMILES string of the molecule is CCCCCCC/C=C\C/C=C\CCCCCCCCCCCCOCC(COC1OC(CO)C(O)C(O)C1O)OC(=O)CCCCCCCCCCCCCCCCCCCCCCCCCC. The molecule has 9 nitrogen and oxygen atoms in total. The maximum Gasteiger partial charge on any atom is 0.306 e. The minimum Gasteiger partial charge on any atom is -0.457 e. The molecule has 1 rings (SSSR count). The van der Waals surface area contributed by atoms with E-state index < -0.39 is 43.4 Å². The summed E-state index contributed by atoms with van der Waals surface area (Å²) in [7, 11) is 0. The molecule has 0 aromatic heterocycles. The second-order valence-corrected chi connectivity index (χ2v) is 20.8. The van der Waals surface area contributed by atoms with Gasteiger partial charge < -0.3 is 39.4 Å². The van der Waals surface area contributed by atoms with Crippen molar-refractivity contribution in [1.29, 1.82) is 0 Å². The number of aliphatic hydroxyl groups excluding tert-OH is 4. The summed E-state index contributed by atoms with van der Waals surface area (Å²) in [4.78, 5) is 12.9. The molecule has 0 saturated carbocycles. The van der Waals surface area contributed by atoms with Crippen LogP contribution in [0.4, 0.5) is 0 Å². The molecular formula is C60H114O9. The number of ether oxygens (including phenoxy) is 4. The molecule has 0 aromatic carbocycles. The predicted octanol–water partition coefficient (Wildman–Crippen LogP) is 15.7. The first-order valence-electron chi connectivity index (χ1n) is 29.9. The monoisotopic (exact) mass is 979 g/mol. The molecule has 0 amide bonds. The highest BCUT2D eigenvalue weighted by Gasteiger charge is 2.44. The van der Waals surface area contributed by atoms with Gasteiger partial charge in [0.1, 0.15) is 30.5 Å². The van der Waals surface area contributed by atoms with E-state index in [1.54, 1.807) is 0 Å². The zero-order chi connectivity index (χ0) is 49.9. The molecule has 69 heavy (non-hydrogen) atoms. The van der Waals surface area contributed by atoms with Crippen molar-refractivity contribution in [1.82, 2.24) is 0 Å². The Kier molecular flexibility index (Phi) is 49.1. The second kappa shape index (κ2) is 51.6. The molecule has 0 aromatic rings. The summed E-state index contributed by atoms with van der Waals surface area (Å²) in [5.41, 5.74) is 0. The summed E-state index contributed by atoms with van der Waals surface area (Å²) in [5, 5.41) is 40.4. The van der Waals surface area contributed by atoms with Gasteiger partial charge in [-0.25, -0.2) is 0 Å². The van der Waals surface area contributed by atoms with Gasteiger partial charge in [-0.05, 0) is 44.9 Å². The van der Waals surface area contributed by atoms with Crippen LogP contribution in [0.5, 0.6) is 0 Å². The average Bonchev–Trinajstić information content (AvgIpc) is 3.35. The molecular weight excluding hydrogens is 865 g/mol. The Morgan fingerprint density at radius 1 is 0.464 bits per heavy atom. The third-order valence-corrected chi connectivity index (χ3v) is 14.1. The Balaban J connectivity index is 2.13. The molecule has 6 atom stereocenters. The van der Waals surface area contributed by atoms with Crippen molar-refractivity contribution in [2.75, 3.05) is 26.4 Å². The first-order valence-corrected chi connectivity index (χ1v) is 29.9. The number of hydrogen-bond donors (Lipinski definition) is 4. The molecule has 1 aliphatic rings. The molecule has 0 radical (unpaired) electrons. The smallest absolute Gasteiger partial charge is 0.306 e. The van der Waals surface area contributed by atoms with Gasteiger partial charge in [0.15, 0.2) is 6.29 Å². The van der Waals surface area contributed by atoms with E-state index in [1.165, 1.54) is 231 Å². The third-order valence-electron chi connectivity index (χ3n) is 14.1. The maximum absolute atomic E-state index is 12.9. The zero-order valence-corrected chi connectivity index (χ0v) is 45.3. The molecule has 1 heterocycles. The second-order valence-electron chi connectivity index (χ2n) is 20.8. The first kappa shape index (κ1) is 65.7. The number of hydrogen-bond acceptors (Lipinski definition) is 9. The summed E-state index contributed by atoms with van der Waals surface area (Å²) in [6.45, 7) is 4.61. The van der Waals surface area contributed by atoms with Gasteiger partial charge in [-0.1, -0.05) is 263 Å². The van der Waals surface area contributed by atoms with Crippen molar-refractivity contribution in [3.63, 3.8) is 0 Å². The van der Waals surface area contributed by atoms with Crippen LogP contribution in [0, 0.1) is 0 Å². The number of rotatable bonds is 53. The number of unbranched alkanes of at least 4 members (excludes halogenated alkanes) is 38. The van der Waals surface area contributed by atoms with Gasteiger partial charge in [0.05, 0.1) is 19.8 Å². The van der Waals surface area contributed by atoms with Crippen LogP contribution >= 0.6 is 0 Å². The van der Waals surface area contributed by atoms with Gasteiger partial charge in [-0.3, -0.25) is 4.79 Å². The van der Waals surface area contributed by atoms with E-state index in [9.17, 15) is 25.2 Å². The largest absolute Gasteiger partial charge is 0.457 e. The highest BCUT2D eigenvalue weighted by atomic mass is 16.7. The number of carbonyl (C=O) groups is 1. The van der Waals surface area contributed by atoms with Gasteiger partial charge >= 0.3 is 5.97 Å². The third kappa shape index (κ3) is 41.8. The topological polar surface area (TPSA) is 135 Å². The quantitative estimate of drug-likeness (QED) is 0.0267. The van der Waals surface area contributed by atoms with E-state index in [0.29, 0.717) is 13.0 Å². The Bertz CT molecular complexity index is 1110. The van der Waals surface area contributed by atoms with Crippen molar-refractivity contribution in [2.24, 2.45) is 0 Å². The fourth-order valence-corrected chi connectivity index (χ4v) is 9.47. The van der Waals surface area contributed by atoms with Gasteiger partial charge in [-0.2, -0.15) is 0 Å². The van der Waals surface area contributed by atoms with Crippen molar-refractivity contribution in [3.8, 4) is 0 Å². The van der Waals surface area contributed by atoms with Gasteiger partial charge in [0, 0.05) is 13.0 Å². The molecule has 0 spiro atoms. The van der Waals surface area contributed by atoms with Gasteiger partial charge in [0.25, 0.3) is 0 Å². The summed E-state index contributed by atoms with van der Waals surface area (Å²) >= 11 is 0. The summed E-state index contributed by atoms with van der Waals surface area (Å²) in [5.74, 6) is -0.307. The first-order chi connectivity index (χ1) is 33.9. The lowest BCUT2D eigenvalue weighted by Crippen LogP contribution is -2.59. The number of esters is 1. The highest BCUT2D eigenvalue weighted by molar-refractivity contribution is 5.69. The van der Waals surface area contributed by atoms with Crippen LogP contribution in [0.15, 0.2) is 24.3 Å². The molecule has 1 fully saturated rings. The normalized spacial score (nSPS) is 19.1. The lowest BCUT2D eigenvalue weighted by Gasteiger charge is -2.39. The Hall–Kier alpha value is -1.33. The standard InChI is InChI=1S/C60H114O9/c1-3-5-7-9-11-13-15-17-19-21-23-25-27-28-29-31-33-35-37-39-41-43-45-47-49-56(62)68-54(53-67-60-59(65)58(64)57(63)55(51-61)69-60)52-66-50-48-46-44-42-40-38-36-34-32-30-26-24-22-20-18-16-14-12-10-8-6-4-2/h16,18,22,24,54-55,57-61,63-65H,3-15,17,19-21,23,25-53H2,1-2H3/b18-16-,24-22-. The van der Waals surface area contributed by atoms with E-state index in [4.69, 9.17) is 18.9 Å². The zero-order valence-electron chi connectivity index (χ0n) is 45.3. The van der Waals surface area contributed by atoms with E-state index >= 15 is 0 Å². The Labute approximate surface area is 426 Å². The van der Waals surface area contributed by atoms with Gasteiger partial charge in [0.2, 0.25) is 0 Å². The van der Waals surface area contributed by atoms with E-state index in [2.05, 4.69) is 38.2 Å². The maximum atomic E-state index is 12.9. The van der Waals surface area contributed by atoms with Crippen LogP contribution < -0.4 is 0 Å². The van der Waals surface area contributed by atoms with Gasteiger partial charge in [-0.15, -0.1) is 0 Å². The molecule has 9 heteroatoms. The molecule has 0 bridgehead atoms. The van der Waals surface area contributed by atoms with Crippen LogP contribution in [-0.2, 0) is 23.7 Å². The van der Waals surface area contributed by atoms with Crippen LogP contribution in [0.3, 0.4) is 0 Å². The molecule has 408 valence electrons. The number of allylic oxidation sites excluding steroid dienone is 4. The average molecular weight is 980 g/mol. The van der Waals surface area contributed by atoms with Crippen molar-refractivity contribution in [2.45, 2.75) is 327 Å². The molecule has 1 aliphatic heterocycles. The van der Waals surface area contributed by atoms with Crippen LogP contribution in [0.2, 0.25) is 0 Å². The molecule has 6 unspecified atom stereocenters. The lowest BCUT2D eigenvalue weighted by molar-refractivity contribution is -0.305. The predicted molar refractivity (Wildman–Crippen MR) is 289 cm³/mol. The number of aliphatic hydroxyl groups is 4. The minimum atomic E-state index is -1.54. The lowest BCUT2D eigenvalue weighted by atomic mass is 9.99. The van der Waals surface area contributed by atoms with Crippen molar-refractivity contribution >= 4 is 5.97 Å². The number of carbonyl (C=O) groups excluding carboxylic acids is 1. The Morgan fingerprint density at radius 3 is 1.25 bits per heavy atom. The van der Waals surface area contributed by atoms with Crippen molar-refractivity contribution < 1.29 is 44.2 Å². The molecule has 0 aliphatic carbocycles. The summed E-state index contributed by atoms with van der Waals surface area (Å²) in [6, 6.07) is 0. The van der Waals surface area contributed by atoms with E-state index in [1.807, 2.05) is 0 Å². The fraction of sp³-hybridized carbons (Fsp3) is 0.917. The van der Waals surface area contributed by atoms with E-state index in [-0.39, 0.29) is 19.2 Å². The van der Waals surface area contributed by atoms with Crippen LogP contribution in [0.1, 0.15) is 290 Å². The molecule has 4 N–H and O–H groups in total. The van der Waals surface area contributed by atoms with Crippen molar-refractivity contribution in [3.05, 3.63) is 24.3 Å². The van der Waals surface area contributed by atoms with Crippen LogP contribution in [-0.4, -0.2) is 89.6 Å².